The van der Waals surface area contributed by atoms with Crippen LogP contribution in [-0.2, 0) is 4.43 Å². The summed E-state index contributed by atoms with van der Waals surface area (Å²) in [7, 11) is -1.46. The van der Waals surface area contributed by atoms with E-state index in [1.54, 1.807) is 0 Å². The number of nitrogens with two attached hydrogens (primary N) is 1. The average Bonchev–Trinajstić information content (AvgIpc) is 2.26. The highest BCUT2D eigenvalue weighted by atomic mass is 28.4. The first-order valence-corrected chi connectivity index (χ1v) is 10.2. The number of rotatable bonds is 10. The molecule has 0 saturated carbocycles. The van der Waals surface area contributed by atoms with Crippen LogP contribution >= 0.6 is 0 Å². The first kappa shape index (κ1) is 17.1. The zero-order valence-electron chi connectivity index (χ0n) is 12.5. The summed E-state index contributed by atoms with van der Waals surface area (Å²) in [6, 6.07) is 1.16. The molecule has 0 aliphatic heterocycles. The Labute approximate surface area is 109 Å². The van der Waals surface area contributed by atoms with E-state index in [4.69, 9.17) is 10.2 Å². The molecule has 0 aliphatic carbocycles. The molecule has 4 heteroatoms. The summed E-state index contributed by atoms with van der Waals surface area (Å²) in [6.45, 7) is 14.2. The second-order valence-electron chi connectivity index (χ2n) is 5.33. The van der Waals surface area contributed by atoms with Crippen molar-refractivity contribution in [1.29, 1.82) is 0 Å². The second-order valence-corrected chi connectivity index (χ2v) is 9.64. The number of hydrogen-bond donors (Lipinski definition) is 1. The Morgan fingerprint density at radius 3 is 2.06 bits per heavy atom. The normalized spacial score (nSPS) is 14.3. The van der Waals surface area contributed by atoms with Crippen LogP contribution < -0.4 is 5.73 Å². The molecule has 17 heavy (non-hydrogen) atoms. The molecule has 0 saturated heterocycles. The lowest BCUT2D eigenvalue weighted by Gasteiger charge is -2.30. The van der Waals surface area contributed by atoms with E-state index < -0.39 is 8.32 Å². The van der Waals surface area contributed by atoms with Gasteiger partial charge in [0, 0.05) is 6.61 Å². The number of nitrogens with zero attached hydrogens (tertiary/aromatic N) is 1. The highest BCUT2D eigenvalue weighted by Crippen LogP contribution is 2.16. The summed E-state index contributed by atoms with van der Waals surface area (Å²) in [5.74, 6) is 0. The maximum Gasteiger partial charge on any atom is 0.186 e. The van der Waals surface area contributed by atoms with Crippen LogP contribution in [0.1, 0.15) is 40.0 Å². The molecule has 0 fully saturated rings. The fourth-order valence-electron chi connectivity index (χ4n) is 2.16. The lowest BCUT2D eigenvalue weighted by Crippen LogP contribution is -2.44. The number of hydrogen-bond acceptors (Lipinski definition) is 3. The third-order valence-electron chi connectivity index (χ3n) is 3.07. The molecule has 0 aromatic carbocycles. The molecule has 0 rings (SSSR count). The van der Waals surface area contributed by atoms with Crippen LogP contribution in [0.2, 0.25) is 19.1 Å². The summed E-state index contributed by atoms with van der Waals surface area (Å²) < 4.78 is 5.84. The van der Waals surface area contributed by atoms with Crippen molar-refractivity contribution in [2.24, 2.45) is 5.73 Å². The van der Waals surface area contributed by atoms with Crippen LogP contribution in [0.3, 0.4) is 0 Å². The third-order valence-corrected chi connectivity index (χ3v) is 5.63. The van der Waals surface area contributed by atoms with Gasteiger partial charge in [-0.1, -0.05) is 13.8 Å². The van der Waals surface area contributed by atoms with Crippen LogP contribution in [0.5, 0.6) is 0 Å². The van der Waals surface area contributed by atoms with Crippen LogP contribution in [0.25, 0.3) is 0 Å². The van der Waals surface area contributed by atoms with E-state index in [0.717, 1.165) is 32.2 Å². The molecular formula is C13H32N2OSi. The Kier molecular flexibility index (Phi) is 9.14. The van der Waals surface area contributed by atoms with Crippen molar-refractivity contribution in [2.45, 2.75) is 65.3 Å². The van der Waals surface area contributed by atoms with Gasteiger partial charge in [-0.05, 0) is 58.4 Å². The molecule has 104 valence electrons. The largest absolute Gasteiger partial charge is 0.418 e. The van der Waals surface area contributed by atoms with E-state index in [1.807, 2.05) is 0 Å². The molecule has 1 atom stereocenters. The highest BCUT2D eigenvalue weighted by Gasteiger charge is 2.24. The van der Waals surface area contributed by atoms with Gasteiger partial charge in [0.15, 0.2) is 8.32 Å². The fraction of sp³-hybridized carbons (Fsp3) is 1.00. The molecule has 0 heterocycles. The molecule has 1 unspecified atom stereocenters. The molecular weight excluding hydrogens is 228 g/mol. The lowest BCUT2D eigenvalue weighted by atomic mass is 10.3. The molecule has 0 aromatic rings. The molecule has 0 amide bonds. The van der Waals surface area contributed by atoms with Crippen molar-refractivity contribution in [3.8, 4) is 0 Å². The van der Waals surface area contributed by atoms with Gasteiger partial charge < -0.3 is 10.2 Å². The maximum absolute atomic E-state index is 6.29. The predicted octanol–water partition coefficient (Wildman–Crippen LogP) is 3.02. The summed E-state index contributed by atoms with van der Waals surface area (Å²) in [5, 5.41) is 0. The minimum absolute atomic E-state index is 0.210. The first-order valence-electron chi connectivity index (χ1n) is 7.10. The van der Waals surface area contributed by atoms with E-state index in [-0.39, 0.29) is 6.17 Å². The molecule has 0 radical (unpaired) electrons. The summed E-state index contributed by atoms with van der Waals surface area (Å²) in [5.41, 5.74) is 6.29. The maximum atomic E-state index is 6.29. The Bertz CT molecular complexity index is 182. The molecule has 2 N–H and O–H groups in total. The molecule has 0 aliphatic rings. The standard InChI is InChI=1S/C13H32N2OSi/c1-6-10-15(11-7-2)13(14)9-12-17(4,5)16-8-3/h13H,6-12,14H2,1-5H3. The van der Waals surface area contributed by atoms with Crippen LogP contribution in [0.4, 0.5) is 0 Å². The Morgan fingerprint density at radius 2 is 1.65 bits per heavy atom. The van der Waals surface area contributed by atoms with E-state index in [1.165, 1.54) is 12.8 Å². The molecule has 0 spiro atoms. The van der Waals surface area contributed by atoms with Crippen LogP contribution in [0.15, 0.2) is 0 Å². The quantitative estimate of drug-likeness (QED) is 0.485. The molecule has 3 nitrogen and oxygen atoms in total. The Hall–Kier alpha value is 0.0969. The predicted molar refractivity (Wildman–Crippen MR) is 78.7 cm³/mol. The monoisotopic (exact) mass is 260 g/mol. The van der Waals surface area contributed by atoms with E-state index in [9.17, 15) is 0 Å². The van der Waals surface area contributed by atoms with Crippen LogP contribution in [0, 0.1) is 0 Å². The minimum atomic E-state index is -1.46. The van der Waals surface area contributed by atoms with Crippen molar-refractivity contribution in [3.63, 3.8) is 0 Å². The van der Waals surface area contributed by atoms with Gasteiger partial charge in [0.2, 0.25) is 0 Å². The first-order chi connectivity index (χ1) is 7.96. The van der Waals surface area contributed by atoms with Crippen LogP contribution in [-0.4, -0.2) is 39.1 Å². The summed E-state index contributed by atoms with van der Waals surface area (Å²) >= 11 is 0. The molecule has 0 bridgehead atoms. The van der Waals surface area contributed by atoms with Gasteiger partial charge in [-0.2, -0.15) is 0 Å². The van der Waals surface area contributed by atoms with Gasteiger partial charge in [0.25, 0.3) is 0 Å². The van der Waals surface area contributed by atoms with Gasteiger partial charge in [0.05, 0.1) is 6.17 Å². The van der Waals surface area contributed by atoms with Crippen molar-refractivity contribution in [3.05, 3.63) is 0 Å². The Balaban J connectivity index is 4.07. The van der Waals surface area contributed by atoms with Gasteiger partial charge in [-0.15, -0.1) is 0 Å². The smallest absolute Gasteiger partial charge is 0.186 e. The lowest BCUT2D eigenvalue weighted by molar-refractivity contribution is 0.193. The second kappa shape index (κ2) is 9.08. The average molecular weight is 260 g/mol. The van der Waals surface area contributed by atoms with Crippen molar-refractivity contribution >= 4 is 8.32 Å². The minimum Gasteiger partial charge on any atom is -0.418 e. The SMILES string of the molecule is CCCN(CCC)C(N)CC[Si](C)(C)OCC. The Morgan fingerprint density at radius 1 is 1.12 bits per heavy atom. The van der Waals surface area contributed by atoms with Crippen molar-refractivity contribution < 1.29 is 4.43 Å². The fourth-order valence-corrected chi connectivity index (χ4v) is 4.08. The van der Waals surface area contributed by atoms with Crippen molar-refractivity contribution in [1.82, 2.24) is 4.90 Å². The van der Waals surface area contributed by atoms with E-state index >= 15 is 0 Å². The molecule has 0 aromatic heterocycles. The topological polar surface area (TPSA) is 38.5 Å². The zero-order valence-corrected chi connectivity index (χ0v) is 13.5. The third kappa shape index (κ3) is 7.92. The van der Waals surface area contributed by atoms with Gasteiger partial charge >= 0.3 is 0 Å². The van der Waals surface area contributed by atoms with E-state index in [2.05, 4.69) is 38.8 Å². The van der Waals surface area contributed by atoms with Gasteiger partial charge in [0.1, 0.15) is 0 Å². The zero-order chi connectivity index (χ0) is 13.3. The summed E-state index contributed by atoms with van der Waals surface area (Å²) in [4.78, 5) is 2.41. The van der Waals surface area contributed by atoms with Gasteiger partial charge in [-0.3, -0.25) is 4.90 Å². The summed E-state index contributed by atoms with van der Waals surface area (Å²) in [6.07, 6.45) is 3.64. The van der Waals surface area contributed by atoms with Crippen molar-refractivity contribution in [2.75, 3.05) is 19.7 Å². The van der Waals surface area contributed by atoms with Gasteiger partial charge in [-0.25, -0.2) is 0 Å². The highest BCUT2D eigenvalue weighted by molar-refractivity contribution is 6.71. The van der Waals surface area contributed by atoms with E-state index in [0.29, 0.717) is 0 Å².